The minimum absolute atomic E-state index is 0. The molecule has 0 aliphatic heterocycles. The van der Waals surface area contributed by atoms with Crippen LogP contribution in [0.5, 0.6) is 5.75 Å². The van der Waals surface area contributed by atoms with Crippen molar-refractivity contribution in [3.05, 3.63) is 29.3 Å². The number of phenols is 1. The average molecular weight is 391 g/mol. The normalized spacial score (nSPS) is 37.4. The zero-order valence-corrected chi connectivity index (χ0v) is 17.9. The van der Waals surface area contributed by atoms with Crippen LogP contribution in [-0.2, 0) is 11.2 Å². The van der Waals surface area contributed by atoms with E-state index in [1.54, 1.807) is 0 Å². The highest BCUT2D eigenvalue weighted by atomic mass is 16.3. The molecule has 7 atom stereocenters. The molecular weight excluding hydrogens is 348 g/mol. The van der Waals surface area contributed by atoms with Gasteiger partial charge in [0.05, 0.1) is 6.10 Å². The van der Waals surface area contributed by atoms with E-state index in [1.807, 2.05) is 26.0 Å². The summed E-state index contributed by atoms with van der Waals surface area (Å²) in [5.74, 6) is 3.57. The van der Waals surface area contributed by atoms with Crippen LogP contribution in [-0.4, -0.2) is 22.6 Å². The topological polar surface area (TPSA) is 57.5 Å². The van der Waals surface area contributed by atoms with Gasteiger partial charge in [0.1, 0.15) is 12.0 Å². The van der Waals surface area contributed by atoms with Crippen molar-refractivity contribution >= 4 is 6.29 Å². The number of aldehydes is 1. The summed E-state index contributed by atoms with van der Waals surface area (Å²) in [6.07, 6.45) is 5.00. The quantitative estimate of drug-likeness (QED) is 0.537. The summed E-state index contributed by atoms with van der Waals surface area (Å²) >= 11 is 0. The van der Waals surface area contributed by atoms with Crippen LogP contribution in [0, 0.1) is 29.1 Å². The summed E-state index contributed by atoms with van der Waals surface area (Å²) in [4.78, 5) is 8.81. The number of phenolic OH excluding ortho intramolecular Hbond substituents is 1. The van der Waals surface area contributed by atoms with Crippen molar-refractivity contribution in [1.29, 1.82) is 0 Å². The first-order valence-corrected chi connectivity index (χ1v) is 10.7. The van der Waals surface area contributed by atoms with Crippen LogP contribution < -0.4 is 0 Å². The van der Waals surface area contributed by atoms with E-state index in [-0.39, 0.29) is 18.9 Å². The molecule has 4 rings (SSSR count). The maximum Gasteiger partial charge on any atom is 0.116 e. The Kier molecular flexibility index (Phi) is 8.74. The molecule has 0 saturated heterocycles. The molecule has 1 aromatic carbocycles. The number of carbonyl (C=O) groups is 1. The Morgan fingerprint density at radius 3 is 2.36 bits per heavy atom. The van der Waals surface area contributed by atoms with E-state index in [9.17, 15) is 10.2 Å². The van der Waals surface area contributed by atoms with E-state index < -0.39 is 0 Å². The summed E-state index contributed by atoms with van der Waals surface area (Å²) < 4.78 is 0. The fourth-order valence-electron chi connectivity index (χ4n) is 6.46. The third-order valence-electron chi connectivity index (χ3n) is 7.30. The number of fused-ring (bicyclic) bond motifs is 5. The van der Waals surface area contributed by atoms with Crippen molar-refractivity contribution in [3.63, 3.8) is 0 Å². The van der Waals surface area contributed by atoms with Crippen LogP contribution in [0.1, 0.15) is 85.3 Å². The maximum absolute atomic E-state index is 10.6. The zero-order chi connectivity index (χ0) is 20.4. The zero-order valence-electron chi connectivity index (χ0n) is 17.9. The molecule has 3 aliphatic carbocycles. The van der Waals surface area contributed by atoms with Crippen LogP contribution in [0.15, 0.2) is 18.2 Å². The van der Waals surface area contributed by atoms with Crippen molar-refractivity contribution in [2.24, 2.45) is 29.1 Å². The maximum atomic E-state index is 10.6. The molecule has 0 radical (unpaired) electrons. The van der Waals surface area contributed by atoms with Crippen LogP contribution in [0.25, 0.3) is 0 Å². The number of aliphatic hydroxyl groups is 1. The molecule has 3 aliphatic rings. The molecule has 1 aromatic rings. The predicted molar refractivity (Wildman–Crippen MR) is 118 cm³/mol. The molecule has 2 N–H and O–H groups in total. The summed E-state index contributed by atoms with van der Waals surface area (Å²) in [6.45, 7) is 12.5. The summed E-state index contributed by atoms with van der Waals surface area (Å²) in [6, 6.07) is 6.00. The molecule has 160 valence electrons. The fourth-order valence-corrected chi connectivity index (χ4v) is 6.46. The van der Waals surface area contributed by atoms with Gasteiger partial charge in [-0.05, 0) is 90.9 Å². The number of aromatic hydroxyl groups is 1. The van der Waals surface area contributed by atoms with E-state index >= 15 is 0 Å². The van der Waals surface area contributed by atoms with E-state index in [1.165, 1.54) is 24.5 Å². The van der Waals surface area contributed by atoms with Crippen molar-refractivity contribution in [2.75, 3.05) is 0 Å². The number of hydrogen-bond acceptors (Lipinski definition) is 3. The standard InChI is InChI=1S/C20H28O2.C2H4O.C2H6.CH4/c1-11-8-13-9-14(21)4-5-15(13)18-12(2)10-20(3)16(19(11)18)6-7-17(20)22;1-2-3;1-2;/h4-5,9,11-12,16-19,21-22H,6-8,10H2,1-3H3;2H,1H3;1-2H3;1H4. The van der Waals surface area contributed by atoms with Gasteiger partial charge in [0.25, 0.3) is 0 Å². The molecule has 0 heterocycles. The lowest BCUT2D eigenvalue weighted by Gasteiger charge is -2.55. The number of rotatable bonds is 0. The third kappa shape index (κ3) is 4.15. The molecule has 0 spiro atoms. The molecule has 28 heavy (non-hydrogen) atoms. The second kappa shape index (κ2) is 9.91. The Morgan fingerprint density at radius 1 is 1.14 bits per heavy atom. The first-order chi connectivity index (χ1) is 12.8. The molecule has 3 nitrogen and oxygen atoms in total. The van der Waals surface area contributed by atoms with Gasteiger partial charge in [-0.3, -0.25) is 0 Å². The molecule has 0 aromatic heterocycles. The van der Waals surface area contributed by atoms with Gasteiger partial charge in [-0.25, -0.2) is 0 Å². The van der Waals surface area contributed by atoms with E-state index in [4.69, 9.17) is 4.79 Å². The number of carbonyl (C=O) groups excluding carboxylic acids is 1. The summed E-state index contributed by atoms with van der Waals surface area (Å²) in [5.41, 5.74) is 2.93. The van der Waals surface area contributed by atoms with Crippen molar-refractivity contribution in [1.82, 2.24) is 0 Å². The van der Waals surface area contributed by atoms with Crippen LogP contribution in [0.2, 0.25) is 0 Å². The molecule has 0 amide bonds. The lowest BCUT2D eigenvalue weighted by molar-refractivity contribution is -0.106. The van der Waals surface area contributed by atoms with Crippen molar-refractivity contribution in [2.45, 2.75) is 86.7 Å². The number of hydrogen-bond donors (Lipinski definition) is 2. The first kappa shape index (κ1) is 24.7. The van der Waals surface area contributed by atoms with Gasteiger partial charge in [0.2, 0.25) is 0 Å². The molecular formula is C25H42O3. The molecule has 0 bridgehead atoms. The van der Waals surface area contributed by atoms with Crippen LogP contribution >= 0.6 is 0 Å². The first-order valence-electron chi connectivity index (χ1n) is 10.7. The summed E-state index contributed by atoms with van der Waals surface area (Å²) in [5, 5.41) is 20.4. The second-order valence-corrected chi connectivity index (χ2v) is 8.79. The monoisotopic (exact) mass is 390 g/mol. The minimum atomic E-state index is -0.116. The van der Waals surface area contributed by atoms with Gasteiger partial charge in [0.15, 0.2) is 0 Å². The Labute approximate surface area is 172 Å². The van der Waals surface area contributed by atoms with Gasteiger partial charge < -0.3 is 15.0 Å². The molecule has 2 fully saturated rings. The van der Waals surface area contributed by atoms with E-state index in [2.05, 4.69) is 26.8 Å². The minimum Gasteiger partial charge on any atom is -0.508 e. The van der Waals surface area contributed by atoms with E-state index in [0.717, 1.165) is 25.5 Å². The Balaban J connectivity index is 0.000000600. The van der Waals surface area contributed by atoms with E-state index in [0.29, 0.717) is 35.3 Å². The Bertz CT molecular complexity index is 641. The Hall–Kier alpha value is -1.35. The number of benzene rings is 1. The van der Waals surface area contributed by atoms with Crippen molar-refractivity contribution < 1.29 is 15.0 Å². The van der Waals surface area contributed by atoms with Crippen molar-refractivity contribution in [3.8, 4) is 5.75 Å². The Morgan fingerprint density at radius 2 is 1.75 bits per heavy atom. The van der Waals surface area contributed by atoms with Gasteiger partial charge >= 0.3 is 0 Å². The highest BCUT2D eigenvalue weighted by Gasteiger charge is 2.58. The third-order valence-corrected chi connectivity index (χ3v) is 7.30. The van der Waals surface area contributed by atoms with Gasteiger partial charge in [-0.1, -0.05) is 48.1 Å². The van der Waals surface area contributed by atoms with Gasteiger partial charge in [0, 0.05) is 0 Å². The lowest BCUT2D eigenvalue weighted by atomic mass is 9.50. The predicted octanol–water partition coefficient (Wildman–Crippen LogP) is 5.97. The summed E-state index contributed by atoms with van der Waals surface area (Å²) in [7, 11) is 0. The fraction of sp³-hybridized carbons (Fsp3) is 0.720. The largest absolute Gasteiger partial charge is 0.508 e. The van der Waals surface area contributed by atoms with Gasteiger partial charge in [-0.2, -0.15) is 0 Å². The lowest BCUT2D eigenvalue weighted by Crippen LogP contribution is -2.49. The SMILES string of the molecule is C.CC.CC1CC2(C)C(O)CCC2C2C(C)Cc3cc(O)ccc3C12.CC=O. The second-order valence-electron chi connectivity index (χ2n) is 8.79. The number of aliphatic hydroxyl groups excluding tert-OH is 1. The highest BCUT2D eigenvalue weighted by Crippen LogP contribution is 2.63. The molecule has 2 saturated carbocycles. The van der Waals surface area contributed by atoms with Crippen LogP contribution in [0.3, 0.4) is 0 Å². The molecule has 7 unspecified atom stereocenters. The van der Waals surface area contributed by atoms with Crippen LogP contribution in [0.4, 0.5) is 0 Å². The average Bonchev–Trinajstić information content (AvgIpc) is 2.91. The smallest absolute Gasteiger partial charge is 0.116 e. The highest BCUT2D eigenvalue weighted by molar-refractivity contribution is 5.44. The van der Waals surface area contributed by atoms with Gasteiger partial charge in [-0.15, -0.1) is 0 Å². The molecule has 3 heteroatoms.